The summed E-state index contributed by atoms with van der Waals surface area (Å²) >= 11 is 2.42. The Morgan fingerprint density at radius 2 is 1.25 bits per heavy atom. The number of rotatable bonds is 0. The summed E-state index contributed by atoms with van der Waals surface area (Å²) in [5, 5.41) is 0. The van der Waals surface area contributed by atoms with Crippen molar-refractivity contribution in [2.24, 2.45) is 0 Å². The molecule has 0 bridgehead atoms. The number of hydrogen-bond donors (Lipinski definition) is 0. The van der Waals surface area contributed by atoms with Crippen molar-refractivity contribution in [2.75, 3.05) is 0 Å². The van der Waals surface area contributed by atoms with Crippen molar-refractivity contribution in [1.82, 2.24) is 0 Å². The molecule has 0 aliphatic heterocycles. The standard InChI is InChI=1S/Ag.Al.ClH.Pt/h;;1H;/q+1;;;/p-1. The van der Waals surface area contributed by atoms with Gasteiger partial charge < -0.3 is 0 Å². The Labute approximate surface area is 66.8 Å². The largest absolute Gasteiger partial charge is 0 e. The van der Waals surface area contributed by atoms with Gasteiger partial charge in [0.15, 0.2) is 0 Å². The van der Waals surface area contributed by atoms with Gasteiger partial charge in [-0.15, -0.1) is 0 Å². The summed E-state index contributed by atoms with van der Waals surface area (Å²) in [6.45, 7) is 0. The minimum atomic E-state index is 0. The van der Waals surface area contributed by atoms with Crippen LogP contribution in [0.15, 0.2) is 0 Å². The van der Waals surface area contributed by atoms with E-state index in [1.165, 1.54) is 0 Å². The van der Waals surface area contributed by atoms with Crippen molar-refractivity contribution in [3.05, 3.63) is 0 Å². The van der Waals surface area contributed by atoms with Crippen LogP contribution in [-0.2, 0) is 41.1 Å². The zero-order valence-electron chi connectivity index (χ0n) is 1.57. The predicted octanol–water partition coefficient (Wildman–Crippen LogP) is 0.304. The fraction of sp³-hybridized carbons (Fsp3) is 0. The molecule has 0 unspecified atom stereocenters. The fourth-order valence-corrected chi connectivity index (χ4v) is 0. The summed E-state index contributed by atoms with van der Waals surface area (Å²) in [6.07, 6.45) is 0. The Kier molecular flexibility index (Phi) is 76.3. The molecule has 0 aromatic carbocycles. The molecule has 0 spiro atoms. The maximum atomic E-state index is 4.45. The van der Waals surface area contributed by atoms with E-state index in [9.17, 15) is 0 Å². The monoisotopic (exact) mass is 364 g/mol. The van der Waals surface area contributed by atoms with Crippen molar-refractivity contribution in [2.45, 2.75) is 0 Å². The minimum absolute atomic E-state index is 0. The molecule has 4 heavy (non-hydrogen) atoms. The summed E-state index contributed by atoms with van der Waals surface area (Å²) in [5.74, 6) is 0. The quantitative estimate of drug-likeness (QED) is 0.542. The summed E-state index contributed by atoms with van der Waals surface area (Å²) in [4.78, 5) is 0. The van der Waals surface area contributed by atoms with Gasteiger partial charge in [-0.25, -0.2) is 0 Å². The predicted molar refractivity (Wildman–Crippen MR) is 11.6 cm³/mol. The smallest absolute Gasteiger partial charge is 0 e. The maximum absolute atomic E-state index is 4.45. The van der Waals surface area contributed by atoms with Crippen LogP contribution in [0.5, 0.6) is 0 Å². The molecule has 0 nitrogen and oxygen atoms in total. The van der Waals surface area contributed by atoms with Gasteiger partial charge in [0, 0.05) is 38.4 Å². The van der Waals surface area contributed by atoms with Gasteiger partial charge in [0.1, 0.15) is 0 Å². The van der Waals surface area contributed by atoms with E-state index in [2.05, 4.69) is 29.2 Å². The molecule has 0 aromatic rings. The minimum Gasteiger partial charge on any atom is 0 e. The molecule has 0 amide bonds. The van der Waals surface area contributed by atoms with Crippen molar-refractivity contribution in [1.29, 1.82) is 0 Å². The van der Waals surface area contributed by atoms with Crippen molar-refractivity contribution in [3.63, 3.8) is 0 Å². The molecular formula is AgAlClPt. The Balaban J connectivity index is -0.00000000500. The van der Waals surface area contributed by atoms with Crippen LogP contribution in [0.1, 0.15) is 0 Å². The molecule has 0 fully saturated rings. The van der Waals surface area contributed by atoms with E-state index in [-0.39, 0.29) is 38.4 Å². The number of hydrogen-bond acceptors (Lipinski definition) is 0. The van der Waals surface area contributed by atoms with E-state index < -0.39 is 0 Å². The molecule has 0 atom stereocenters. The average Bonchev–Trinajstić information content (AvgIpc) is 1.00. The second-order valence-corrected chi connectivity index (χ2v) is 0. The molecule has 0 aromatic heterocycles. The topological polar surface area (TPSA) is 0 Å². The van der Waals surface area contributed by atoms with E-state index in [1.54, 1.807) is 0 Å². The molecular weight excluding hydrogens is 365 g/mol. The molecule has 0 saturated heterocycles. The normalized spacial score (nSPS) is 1.75. The van der Waals surface area contributed by atoms with Gasteiger partial charge in [0.05, 0.1) is 0 Å². The van der Waals surface area contributed by atoms with Gasteiger partial charge in [0.25, 0.3) is 0 Å². The van der Waals surface area contributed by atoms with E-state index in [1.807, 2.05) is 0 Å². The first-order valence-corrected chi connectivity index (χ1v) is 2.02. The van der Waals surface area contributed by atoms with Crippen molar-refractivity contribution in [3.8, 4) is 0 Å². The van der Waals surface area contributed by atoms with Crippen molar-refractivity contribution < 1.29 is 41.1 Å². The zero-order chi connectivity index (χ0) is 2.00. The Hall–Kier alpha value is 2.25. The van der Waals surface area contributed by atoms with Crippen LogP contribution >= 0.6 is 9.19 Å². The van der Waals surface area contributed by atoms with Crippen LogP contribution in [0.4, 0.5) is 0 Å². The molecule has 3 radical (unpaired) electrons. The van der Waals surface area contributed by atoms with Crippen LogP contribution in [0.25, 0.3) is 0 Å². The molecule has 0 saturated carbocycles. The first-order valence-electron chi connectivity index (χ1n) is 0.114. The summed E-state index contributed by atoms with van der Waals surface area (Å²) in [6, 6.07) is 0. The summed E-state index contributed by atoms with van der Waals surface area (Å²) in [7, 11) is 4.45. The molecule has 4 heteroatoms. The van der Waals surface area contributed by atoms with Gasteiger partial charge in [-0.3, -0.25) is 0 Å². The van der Waals surface area contributed by atoms with E-state index in [0.29, 0.717) is 0 Å². The van der Waals surface area contributed by atoms with Gasteiger partial charge in [-0.05, 0) is 0 Å². The van der Waals surface area contributed by atoms with Crippen molar-refractivity contribution >= 4 is 26.6 Å². The molecule has 0 aliphatic carbocycles. The third-order valence-corrected chi connectivity index (χ3v) is 0. The van der Waals surface area contributed by atoms with Gasteiger partial charge >= 0.3 is 29.2 Å². The molecule has 0 N–H and O–H groups in total. The van der Waals surface area contributed by atoms with Crippen LogP contribution < -0.4 is 0 Å². The maximum Gasteiger partial charge on any atom is 0 e. The average molecular weight is 365 g/mol. The van der Waals surface area contributed by atoms with Gasteiger partial charge in [0.2, 0.25) is 0 Å². The van der Waals surface area contributed by atoms with Crippen LogP contribution in [0.3, 0.4) is 0 Å². The van der Waals surface area contributed by atoms with Crippen LogP contribution in [0, 0.1) is 0 Å². The van der Waals surface area contributed by atoms with Gasteiger partial charge in [-0.1, -0.05) is 0 Å². The first kappa shape index (κ1) is 16.3. The Bertz CT molecular complexity index is 8.00. The van der Waals surface area contributed by atoms with Crippen LogP contribution in [-0.4, -0.2) is 17.4 Å². The first-order chi connectivity index (χ1) is 1.00. The Morgan fingerprint density at radius 3 is 1.25 bits per heavy atom. The van der Waals surface area contributed by atoms with Crippen LogP contribution in [0.2, 0.25) is 0 Å². The fourth-order valence-electron chi connectivity index (χ4n) is 0. The zero-order valence-corrected chi connectivity index (χ0v) is 7.24. The molecule has 0 aliphatic rings. The van der Waals surface area contributed by atoms with E-state index in [4.69, 9.17) is 0 Å². The number of halogens is 1. The Morgan fingerprint density at radius 1 is 1.25 bits per heavy atom. The molecule has 31 valence electrons. The molecule has 0 rings (SSSR count). The molecule has 0 heterocycles. The van der Waals surface area contributed by atoms with Gasteiger partial charge in [-0.2, -0.15) is 0 Å². The summed E-state index contributed by atoms with van der Waals surface area (Å²) < 4.78 is 0. The second kappa shape index (κ2) is 18.7. The third kappa shape index (κ3) is 8.87. The third-order valence-electron chi connectivity index (χ3n) is 0. The summed E-state index contributed by atoms with van der Waals surface area (Å²) in [5.41, 5.74) is 0. The van der Waals surface area contributed by atoms with E-state index in [0.717, 1.165) is 0 Å². The second-order valence-electron chi connectivity index (χ2n) is 0. The SMILES string of the molecule is [Al].[Cl][Ag].[Pt]. The van der Waals surface area contributed by atoms with E-state index >= 15 is 0 Å².